The fraction of sp³-hybridized carbons (Fsp3) is 0.174. The second-order valence-corrected chi connectivity index (χ2v) is 7.35. The lowest BCUT2D eigenvalue weighted by atomic mass is 10.0. The van der Waals surface area contributed by atoms with Crippen LogP contribution in [0.25, 0.3) is 17.0 Å². The Morgan fingerprint density at radius 1 is 1.06 bits per heavy atom. The average molecular weight is 514 g/mol. The second-order valence-electron chi connectivity index (χ2n) is 7.35. The minimum atomic E-state index is -5.06. The van der Waals surface area contributed by atoms with E-state index in [-0.39, 0.29) is 33.7 Å². The van der Waals surface area contributed by atoms with Crippen LogP contribution in [0.2, 0.25) is 0 Å². The summed E-state index contributed by atoms with van der Waals surface area (Å²) in [6, 6.07) is 6.57. The quantitative estimate of drug-likeness (QED) is 0.185. The summed E-state index contributed by atoms with van der Waals surface area (Å²) < 4.78 is 97.9. The van der Waals surface area contributed by atoms with Crippen LogP contribution in [0.4, 0.5) is 30.9 Å². The molecular formula is C23H13F7N2O4. The average Bonchev–Trinajstić information content (AvgIpc) is 3.17. The fourth-order valence-corrected chi connectivity index (χ4v) is 3.55. The molecule has 6 nitrogen and oxygen atoms in total. The zero-order valence-electron chi connectivity index (χ0n) is 18.0. The monoisotopic (exact) mass is 514 g/mol. The zero-order valence-corrected chi connectivity index (χ0v) is 18.0. The molecule has 3 aromatic rings. The number of benzene rings is 2. The molecule has 36 heavy (non-hydrogen) atoms. The van der Waals surface area contributed by atoms with Crippen LogP contribution in [0.3, 0.4) is 0 Å². The molecule has 13 heteroatoms. The second kappa shape index (κ2) is 9.73. The van der Waals surface area contributed by atoms with E-state index in [1.807, 2.05) is 0 Å². The highest BCUT2D eigenvalue weighted by atomic mass is 19.4. The van der Waals surface area contributed by atoms with Gasteiger partial charge in [-0.15, -0.1) is 0 Å². The Morgan fingerprint density at radius 3 is 2.17 bits per heavy atom. The van der Waals surface area contributed by atoms with Gasteiger partial charge in [-0.05, 0) is 42.0 Å². The molecule has 0 saturated carbocycles. The Bertz CT molecular complexity index is 1380. The summed E-state index contributed by atoms with van der Waals surface area (Å²) in [5, 5.41) is 9.19. The van der Waals surface area contributed by atoms with E-state index < -0.39 is 47.5 Å². The van der Waals surface area contributed by atoms with Gasteiger partial charge in [-0.25, -0.2) is 14.5 Å². The third-order valence-electron chi connectivity index (χ3n) is 5.05. The van der Waals surface area contributed by atoms with E-state index in [2.05, 4.69) is 4.94 Å². The molecule has 0 saturated heterocycles. The Morgan fingerprint density at radius 2 is 1.67 bits per heavy atom. The lowest BCUT2D eigenvalue weighted by Gasteiger charge is -2.15. The molecule has 0 unspecified atom stereocenters. The highest BCUT2D eigenvalue weighted by Crippen LogP contribution is 2.37. The number of ether oxygens (including phenoxy) is 1. The number of halogens is 7. The number of hydrogen-bond donors (Lipinski definition) is 0. The third-order valence-corrected chi connectivity index (χ3v) is 5.05. The van der Waals surface area contributed by atoms with Crippen molar-refractivity contribution >= 4 is 28.9 Å². The van der Waals surface area contributed by atoms with Crippen LogP contribution in [-0.4, -0.2) is 23.6 Å². The summed E-state index contributed by atoms with van der Waals surface area (Å²) in [5.41, 5.74) is -4.23. The number of alkyl halides is 6. The molecule has 1 aromatic heterocycles. The number of nitrogens with zero attached hydrogens (tertiary/aromatic N) is 2. The number of esters is 1. The van der Waals surface area contributed by atoms with E-state index in [1.54, 1.807) is 0 Å². The summed E-state index contributed by atoms with van der Waals surface area (Å²) in [6.07, 6.45) is -8.09. The van der Waals surface area contributed by atoms with Gasteiger partial charge < -0.3 is 9.30 Å². The third kappa shape index (κ3) is 5.32. The largest absolute Gasteiger partial charge is 0.465 e. The van der Waals surface area contributed by atoms with E-state index in [1.165, 1.54) is 35.0 Å². The van der Waals surface area contributed by atoms with Crippen LogP contribution in [0.15, 0.2) is 48.2 Å². The molecule has 1 heterocycles. The lowest BCUT2D eigenvalue weighted by molar-refractivity contribution is -0.177. The topological polar surface area (TPSA) is 81.3 Å². The first kappa shape index (κ1) is 26.3. The summed E-state index contributed by atoms with van der Waals surface area (Å²) in [4.78, 5) is 26.8. The van der Waals surface area contributed by atoms with E-state index in [0.717, 1.165) is 13.2 Å². The number of methoxy groups -OCH3 is 1. The first-order valence-corrected chi connectivity index (χ1v) is 9.73. The lowest BCUT2D eigenvalue weighted by Crippen LogP contribution is -2.12. The number of carbonyl (C=O) groups is 2. The Kier molecular flexibility index (Phi) is 7.10. The molecule has 0 aliphatic carbocycles. The van der Waals surface area contributed by atoms with Crippen molar-refractivity contribution < 1.29 is 50.1 Å². The van der Waals surface area contributed by atoms with Gasteiger partial charge in [0.15, 0.2) is 0 Å². The van der Waals surface area contributed by atoms with E-state index in [4.69, 9.17) is 10.00 Å². The minimum absolute atomic E-state index is 0.0113. The minimum Gasteiger partial charge on any atom is -0.465 e. The molecule has 3 rings (SSSR count). The van der Waals surface area contributed by atoms with Gasteiger partial charge in [-0.3, -0.25) is 0 Å². The van der Waals surface area contributed by atoms with Gasteiger partial charge in [-0.2, -0.15) is 31.6 Å². The van der Waals surface area contributed by atoms with Crippen LogP contribution >= 0.6 is 0 Å². The van der Waals surface area contributed by atoms with Crippen LogP contribution in [0.5, 0.6) is 0 Å². The molecule has 0 aliphatic heterocycles. The van der Waals surface area contributed by atoms with Gasteiger partial charge in [0.2, 0.25) is 0 Å². The molecule has 0 amide bonds. The van der Waals surface area contributed by atoms with Crippen molar-refractivity contribution in [2.45, 2.75) is 18.9 Å². The van der Waals surface area contributed by atoms with Crippen molar-refractivity contribution in [1.82, 2.24) is 4.57 Å². The van der Waals surface area contributed by atoms with Crippen molar-refractivity contribution in [3.05, 3.63) is 76.0 Å². The number of aromatic nitrogens is 1. The molecule has 0 N–H and O–H groups in total. The molecule has 0 atom stereocenters. The Hall–Kier alpha value is -4.34. The summed E-state index contributed by atoms with van der Waals surface area (Å²) in [5.74, 6) is -2.51. The predicted molar refractivity (Wildman–Crippen MR) is 110 cm³/mol. The molecular weight excluding hydrogens is 501 g/mol. The molecule has 0 aliphatic rings. The van der Waals surface area contributed by atoms with E-state index in [0.29, 0.717) is 12.1 Å². The van der Waals surface area contributed by atoms with E-state index >= 15 is 0 Å². The Balaban J connectivity index is 2.27. The number of nitriles is 1. The summed E-state index contributed by atoms with van der Waals surface area (Å²) in [7, 11) is 1.07. The first-order valence-electron chi connectivity index (χ1n) is 9.73. The SMILES string of the molecule is COC(=O)c1cccc2c1c(/C=C(\C#N)C(=O)OF)cn2Cc1cc(C(F)(F)F)cc(C(F)(F)F)c1. The normalized spacial score (nSPS) is 12.4. The van der Waals surface area contributed by atoms with Crippen LogP contribution in [0, 0.1) is 11.3 Å². The maximum atomic E-state index is 13.3. The highest BCUT2D eigenvalue weighted by molar-refractivity contribution is 6.09. The maximum Gasteiger partial charge on any atom is 0.416 e. The van der Waals surface area contributed by atoms with Gasteiger partial charge in [0, 0.05) is 33.7 Å². The van der Waals surface area contributed by atoms with Gasteiger partial charge in [0.05, 0.1) is 23.8 Å². The molecule has 0 fully saturated rings. The van der Waals surface area contributed by atoms with Gasteiger partial charge in [-0.1, -0.05) is 6.07 Å². The Labute approximate surface area is 197 Å². The fourth-order valence-electron chi connectivity index (χ4n) is 3.55. The standard InChI is InChI=1S/C23H13F7N2O4/c1-35-21(34)17-3-2-4-18-19(17)14(7-13(9-31)20(33)36-30)11-32(18)10-12-5-15(22(24,25)26)8-16(6-12)23(27,28)29/h2-8,11H,10H2,1H3/b13-7+. The van der Waals surface area contributed by atoms with Crippen molar-refractivity contribution in [1.29, 1.82) is 5.26 Å². The molecule has 0 spiro atoms. The van der Waals surface area contributed by atoms with Crippen molar-refractivity contribution in [3.63, 3.8) is 0 Å². The van der Waals surface area contributed by atoms with Gasteiger partial charge in [0.1, 0.15) is 11.6 Å². The molecule has 188 valence electrons. The predicted octanol–water partition coefficient (Wildman–Crippen LogP) is 5.85. The number of hydrogen-bond acceptors (Lipinski definition) is 5. The van der Waals surface area contributed by atoms with Gasteiger partial charge in [0.25, 0.3) is 0 Å². The number of fused-ring (bicyclic) bond motifs is 1. The molecule has 2 aromatic carbocycles. The number of carbonyl (C=O) groups excluding carboxylic acids is 2. The smallest absolute Gasteiger partial charge is 0.416 e. The van der Waals surface area contributed by atoms with Crippen molar-refractivity contribution in [2.75, 3.05) is 7.11 Å². The maximum absolute atomic E-state index is 13.3. The number of rotatable bonds is 5. The van der Waals surface area contributed by atoms with Crippen LogP contribution in [0.1, 0.15) is 32.6 Å². The van der Waals surface area contributed by atoms with Crippen LogP contribution < -0.4 is 0 Å². The summed E-state index contributed by atoms with van der Waals surface area (Å²) >= 11 is 0. The molecule has 0 radical (unpaired) electrons. The van der Waals surface area contributed by atoms with Crippen molar-refractivity contribution in [3.8, 4) is 6.07 Å². The van der Waals surface area contributed by atoms with Gasteiger partial charge >= 0.3 is 24.3 Å². The van der Waals surface area contributed by atoms with Crippen LogP contribution in [-0.2, 0) is 33.4 Å². The zero-order chi connectivity index (χ0) is 26.8. The summed E-state index contributed by atoms with van der Waals surface area (Å²) in [6.45, 7) is -0.530. The first-order chi connectivity index (χ1) is 16.8. The highest BCUT2D eigenvalue weighted by Gasteiger charge is 2.37. The van der Waals surface area contributed by atoms with E-state index in [9.17, 15) is 40.5 Å². The molecule has 0 bridgehead atoms. The van der Waals surface area contributed by atoms with Crippen molar-refractivity contribution in [2.24, 2.45) is 0 Å².